The highest BCUT2D eigenvalue weighted by Crippen LogP contribution is 2.55. The van der Waals surface area contributed by atoms with E-state index in [1.807, 2.05) is 0 Å². The van der Waals surface area contributed by atoms with Crippen molar-refractivity contribution < 1.29 is 36.9 Å². The first kappa shape index (κ1) is 27.6. The molecule has 1 amide bonds. The number of amides is 1. The Balaban J connectivity index is 1.62. The van der Waals surface area contributed by atoms with Gasteiger partial charge in [0.05, 0.1) is 12.8 Å². The van der Waals surface area contributed by atoms with Crippen LogP contribution in [0.4, 0.5) is 17.6 Å². The first-order valence-electron chi connectivity index (χ1n) is 13.0. The summed E-state index contributed by atoms with van der Waals surface area (Å²) in [6, 6.07) is 10.9. The van der Waals surface area contributed by atoms with E-state index in [1.165, 1.54) is 31.4 Å². The fourth-order valence-corrected chi connectivity index (χ4v) is 5.70. The van der Waals surface area contributed by atoms with E-state index in [9.17, 15) is 14.3 Å². The van der Waals surface area contributed by atoms with E-state index in [2.05, 4.69) is 15.2 Å². The van der Waals surface area contributed by atoms with Crippen LogP contribution in [0.5, 0.6) is 11.5 Å². The number of aliphatic hydroxyl groups is 1. The van der Waals surface area contributed by atoms with Crippen LogP contribution in [0.2, 0.25) is 0 Å². The molecule has 0 unspecified atom stereocenters. The molecule has 0 spiro atoms. The minimum absolute atomic E-state index is 0.00377. The van der Waals surface area contributed by atoms with Crippen molar-refractivity contribution in [1.82, 2.24) is 19.7 Å². The zero-order valence-electron chi connectivity index (χ0n) is 22.2. The van der Waals surface area contributed by atoms with Crippen LogP contribution in [0, 0.1) is 11.7 Å². The Labute approximate surface area is 236 Å². The predicted octanol–water partition coefficient (Wildman–Crippen LogP) is 4.13. The predicted molar refractivity (Wildman–Crippen MR) is 140 cm³/mol. The maximum atomic E-state index is 15.1. The van der Waals surface area contributed by atoms with Gasteiger partial charge in [-0.3, -0.25) is 9.36 Å². The van der Waals surface area contributed by atoms with Gasteiger partial charge in [0.15, 0.2) is 5.75 Å². The summed E-state index contributed by atoms with van der Waals surface area (Å²) in [5.74, 6) is -1.58. The van der Waals surface area contributed by atoms with E-state index in [4.69, 9.17) is 15.2 Å². The lowest BCUT2D eigenvalue weighted by atomic mass is 9.81. The Morgan fingerprint density at radius 1 is 1.17 bits per heavy atom. The van der Waals surface area contributed by atoms with Gasteiger partial charge in [-0.1, -0.05) is 6.07 Å². The molecule has 6 rings (SSSR count). The van der Waals surface area contributed by atoms with Gasteiger partial charge in [-0.2, -0.15) is 13.2 Å². The lowest BCUT2D eigenvalue weighted by Gasteiger charge is -2.33. The summed E-state index contributed by atoms with van der Waals surface area (Å²) in [6.07, 6.45) is -2.08. The number of hydrogen-bond donors (Lipinski definition) is 2. The summed E-state index contributed by atoms with van der Waals surface area (Å²) < 4.78 is 71.1. The molecule has 2 atom stereocenters. The number of rotatable bonds is 8. The summed E-state index contributed by atoms with van der Waals surface area (Å²) in [5.41, 5.74) is 1.34. The number of carbonyl (C=O) groups is 1. The first-order chi connectivity index (χ1) is 20.0. The van der Waals surface area contributed by atoms with Crippen molar-refractivity contribution in [2.45, 2.75) is 36.6 Å². The third-order valence-corrected chi connectivity index (χ3v) is 8.05. The number of ether oxygens (including phenoxy) is 2. The van der Waals surface area contributed by atoms with E-state index < -0.39 is 41.6 Å². The van der Waals surface area contributed by atoms with Crippen molar-refractivity contribution in [1.29, 1.82) is 0 Å². The number of methoxy groups -OCH3 is 1. The van der Waals surface area contributed by atoms with Gasteiger partial charge in [0.25, 0.3) is 0 Å². The topological polar surface area (TPSA) is 125 Å². The maximum Gasteiger partial charge on any atom is 0.419 e. The number of nitrogens with zero attached hydrogens (tertiary/aromatic N) is 4. The summed E-state index contributed by atoms with van der Waals surface area (Å²) in [5, 5.41) is 19.6. The van der Waals surface area contributed by atoms with Crippen molar-refractivity contribution in [3.05, 3.63) is 89.4 Å². The highest BCUT2D eigenvalue weighted by Gasteiger charge is 2.63. The second kappa shape index (κ2) is 9.79. The molecule has 218 valence electrons. The Kier molecular flexibility index (Phi) is 6.44. The number of pyridine rings is 1. The molecule has 42 heavy (non-hydrogen) atoms. The van der Waals surface area contributed by atoms with Gasteiger partial charge in [0, 0.05) is 28.7 Å². The van der Waals surface area contributed by atoms with E-state index in [1.54, 1.807) is 12.1 Å². The average Bonchev–Trinajstić information content (AvgIpc) is 3.53. The molecule has 9 nitrogen and oxygen atoms in total. The number of fused-ring (bicyclic) bond motifs is 1. The summed E-state index contributed by atoms with van der Waals surface area (Å²) in [4.78, 5) is 17.0. The number of hydrogen-bond acceptors (Lipinski definition) is 7. The van der Waals surface area contributed by atoms with Crippen LogP contribution < -0.4 is 15.2 Å². The van der Waals surface area contributed by atoms with Crippen molar-refractivity contribution in [2.75, 3.05) is 13.7 Å². The molecule has 13 heteroatoms. The molecule has 2 aliphatic rings. The molecule has 2 aromatic heterocycles. The van der Waals surface area contributed by atoms with Crippen LogP contribution in [0.15, 0.2) is 61.2 Å². The van der Waals surface area contributed by atoms with E-state index >= 15 is 13.2 Å². The highest BCUT2D eigenvalue weighted by atomic mass is 19.4. The lowest BCUT2D eigenvalue weighted by Crippen LogP contribution is -2.49. The molecule has 0 radical (unpaired) electrons. The Morgan fingerprint density at radius 2 is 1.86 bits per heavy atom. The highest BCUT2D eigenvalue weighted by molar-refractivity contribution is 5.95. The van der Waals surface area contributed by atoms with Crippen molar-refractivity contribution in [3.63, 3.8) is 0 Å². The molecule has 0 saturated heterocycles. The summed E-state index contributed by atoms with van der Waals surface area (Å²) in [6.45, 7) is -0.844. The van der Waals surface area contributed by atoms with Crippen LogP contribution in [-0.2, 0) is 17.6 Å². The largest absolute Gasteiger partial charge is 0.496 e. The fourth-order valence-electron chi connectivity index (χ4n) is 5.70. The monoisotopic (exact) mass is 583 g/mol. The van der Waals surface area contributed by atoms with Crippen molar-refractivity contribution in [2.24, 2.45) is 11.7 Å². The fraction of sp³-hybridized carbons (Fsp3) is 0.310. The van der Waals surface area contributed by atoms with Gasteiger partial charge in [-0.25, -0.2) is 9.37 Å². The van der Waals surface area contributed by atoms with Gasteiger partial charge < -0.3 is 20.3 Å². The van der Waals surface area contributed by atoms with E-state index in [-0.39, 0.29) is 46.0 Å². The van der Waals surface area contributed by atoms with Crippen LogP contribution in [0.1, 0.15) is 40.0 Å². The number of nitrogens with two attached hydrogens (primary N) is 1. The molecule has 1 saturated carbocycles. The molecule has 3 N–H and O–H groups in total. The van der Waals surface area contributed by atoms with Gasteiger partial charge >= 0.3 is 6.18 Å². The summed E-state index contributed by atoms with van der Waals surface area (Å²) in [7, 11) is 1.40. The average molecular weight is 584 g/mol. The minimum atomic E-state index is -4.89. The molecule has 1 aliphatic heterocycles. The van der Waals surface area contributed by atoms with Crippen LogP contribution >= 0.6 is 0 Å². The zero-order chi connectivity index (χ0) is 29.9. The van der Waals surface area contributed by atoms with Gasteiger partial charge in [0.2, 0.25) is 11.4 Å². The molecule has 3 heterocycles. The second-order valence-electron chi connectivity index (χ2n) is 10.5. The third kappa shape index (κ3) is 4.26. The first-order valence-corrected chi connectivity index (χ1v) is 13.0. The van der Waals surface area contributed by atoms with Crippen molar-refractivity contribution in [3.8, 4) is 22.8 Å². The molecule has 0 bridgehead atoms. The Bertz CT molecular complexity index is 1660. The second-order valence-corrected chi connectivity index (χ2v) is 10.5. The number of primary amides is 1. The molecular formula is C29H25F4N5O4. The Morgan fingerprint density at radius 3 is 2.45 bits per heavy atom. The standard InChI is InChI=1S/C29H25F4N5O4/c1-41-22-4-2-3-19(26(34)39)20(22)12-27(40,17-7-8-17)23-11-21-25(24(37-23)16-5-9-18(30)10-6-16)42-13-28(21,29(31,32)33)38-14-35-36-15-38/h2-6,9-11,14-15,17,40H,7-8,12-13H2,1H3,(H2,34,39)/t27-,28-/m0/s1. The number of alkyl halides is 3. The number of halogens is 4. The van der Waals surface area contributed by atoms with E-state index in [0.29, 0.717) is 18.4 Å². The molecule has 1 aliphatic carbocycles. The lowest BCUT2D eigenvalue weighted by molar-refractivity contribution is -0.202. The van der Waals surface area contributed by atoms with Crippen LogP contribution in [0.3, 0.4) is 0 Å². The smallest absolute Gasteiger partial charge is 0.419 e. The number of benzene rings is 2. The Hall–Kier alpha value is -4.52. The van der Waals surface area contributed by atoms with Crippen molar-refractivity contribution >= 4 is 5.91 Å². The SMILES string of the molecule is COc1cccc(C(N)=O)c1C[C@@](O)(c1cc2c(c(-c3ccc(F)cc3)n1)OC[C@@]2(n1cnnc1)C(F)(F)F)C1CC1. The van der Waals surface area contributed by atoms with E-state index in [0.717, 1.165) is 29.4 Å². The maximum absolute atomic E-state index is 15.1. The third-order valence-electron chi connectivity index (χ3n) is 8.05. The molecular weight excluding hydrogens is 558 g/mol. The summed E-state index contributed by atoms with van der Waals surface area (Å²) >= 11 is 0. The molecule has 4 aromatic rings. The molecule has 2 aromatic carbocycles. The normalized spacial score (nSPS) is 19.6. The van der Waals surface area contributed by atoms with Gasteiger partial charge in [-0.15, -0.1) is 10.2 Å². The quantitative estimate of drug-likeness (QED) is 0.299. The van der Waals surface area contributed by atoms with Gasteiger partial charge in [0.1, 0.15) is 42.1 Å². The number of aromatic nitrogens is 4. The molecule has 1 fully saturated rings. The number of carbonyl (C=O) groups excluding carboxylic acids is 1. The van der Waals surface area contributed by atoms with Crippen LogP contribution in [0.25, 0.3) is 11.3 Å². The minimum Gasteiger partial charge on any atom is -0.496 e. The van der Waals surface area contributed by atoms with Crippen LogP contribution in [-0.4, -0.2) is 50.7 Å². The van der Waals surface area contributed by atoms with Gasteiger partial charge in [-0.05, 0) is 61.2 Å². The zero-order valence-corrected chi connectivity index (χ0v) is 22.2.